The second kappa shape index (κ2) is 10.5. The van der Waals surface area contributed by atoms with Crippen molar-refractivity contribution in [2.24, 2.45) is 0 Å². The van der Waals surface area contributed by atoms with Crippen LogP contribution in [0.2, 0.25) is 0 Å². The third-order valence-electron chi connectivity index (χ3n) is 4.72. The van der Waals surface area contributed by atoms with Crippen LogP contribution in [0, 0.1) is 0 Å². The Hall–Kier alpha value is -3.71. The number of benzene rings is 3. The molecular weight excluding hydrogens is 424 g/mol. The van der Waals surface area contributed by atoms with Gasteiger partial charge in [-0.15, -0.1) is 10.2 Å². The normalized spacial score (nSPS) is 10.6. The average Bonchev–Trinajstić information content (AvgIpc) is 3.33. The zero-order chi connectivity index (χ0) is 22.2. The van der Waals surface area contributed by atoms with Gasteiger partial charge in [-0.3, -0.25) is 0 Å². The van der Waals surface area contributed by atoms with Crippen molar-refractivity contribution in [3.63, 3.8) is 0 Å². The number of rotatable bonds is 10. The minimum absolute atomic E-state index is 0.248. The highest BCUT2D eigenvalue weighted by molar-refractivity contribution is 7.17. The Balaban J connectivity index is 1.25. The van der Waals surface area contributed by atoms with Gasteiger partial charge < -0.3 is 14.6 Å². The minimum atomic E-state index is -0.947. The van der Waals surface area contributed by atoms with Gasteiger partial charge in [0.25, 0.3) is 0 Å². The number of carboxylic acids is 1. The van der Waals surface area contributed by atoms with Gasteiger partial charge in [0.05, 0.1) is 18.8 Å². The number of hydrogen-bond acceptors (Lipinski definition) is 6. The lowest BCUT2D eigenvalue weighted by Crippen LogP contribution is -2.02. The number of para-hydroxylation sites is 1. The highest BCUT2D eigenvalue weighted by Crippen LogP contribution is 2.31. The largest absolute Gasteiger partial charge is 0.494 e. The van der Waals surface area contributed by atoms with E-state index in [0.29, 0.717) is 13.2 Å². The Labute approximate surface area is 190 Å². The molecule has 1 N–H and O–H groups in total. The summed E-state index contributed by atoms with van der Waals surface area (Å²) in [7, 11) is 0. The third-order valence-corrected chi connectivity index (χ3v) is 5.75. The molecule has 0 aliphatic rings. The highest BCUT2D eigenvalue weighted by atomic mass is 32.1. The molecular formula is C25H22N2O4S. The molecule has 1 heterocycles. The summed E-state index contributed by atoms with van der Waals surface area (Å²) in [5.74, 6) is 0.755. The first-order valence-corrected chi connectivity index (χ1v) is 11.1. The van der Waals surface area contributed by atoms with E-state index in [1.54, 1.807) is 24.3 Å². The van der Waals surface area contributed by atoms with Crippen LogP contribution in [0.15, 0.2) is 78.9 Å². The molecule has 0 radical (unpaired) electrons. The minimum Gasteiger partial charge on any atom is -0.494 e. The van der Waals surface area contributed by atoms with Crippen LogP contribution in [-0.2, 0) is 0 Å². The molecule has 3 aromatic carbocycles. The maximum absolute atomic E-state index is 11.0. The maximum atomic E-state index is 11.0. The molecule has 0 aliphatic carbocycles. The maximum Gasteiger partial charge on any atom is 0.335 e. The van der Waals surface area contributed by atoms with Crippen LogP contribution in [0.4, 0.5) is 0 Å². The van der Waals surface area contributed by atoms with Crippen LogP contribution in [0.1, 0.15) is 23.2 Å². The zero-order valence-electron chi connectivity index (χ0n) is 17.3. The van der Waals surface area contributed by atoms with Crippen LogP contribution < -0.4 is 9.47 Å². The molecule has 0 atom stereocenters. The SMILES string of the molecule is O=C(O)c1ccc(-c2nnc(-c3ccc(OCCCCOc4ccccc4)cc3)s2)cc1. The number of carbonyl (C=O) groups is 1. The monoisotopic (exact) mass is 446 g/mol. The predicted octanol–water partition coefficient (Wildman–Crippen LogP) is 5.81. The summed E-state index contributed by atoms with van der Waals surface area (Å²) in [4.78, 5) is 11.0. The van der Waals surface area contributed by atoms with Crippen molar-refractivity contribution in [2.45, 2.75) is 12.8 Å². The summed E-state index contributed by atoms with van der Waals surface area (Å²) in [5, 5.41) is 19.1. The van der Waals surface area contributed by atoms with Crippen molar-refractivity contribution in [1.29, 1.82) is 0 Å². The number of unbranched alkanes of at least 4 members (excludes halogenated alkanes) is 1. The van der Waals surface area contributed by atoms with Crippen molar-refractivity contribution in [1.82, 2.24) is 10.2 Å². The molecule has 32 heavy (non-hydrogen) atoms. The smallest absolute Gasteiger partial charge is 0.335 e. The van der Waals surface area contributed by atoms with Gasteiger partial charge in [0.15, 0.2) is 0 Å². The molecule has 0 amide bonds. The molecule has 162 valence electrons. The number of aromatic carboxylic acids is 1. The molecule has 0 fully saturated rings. The number of ether oxygens (including phenoxy) is 2. The van der Waals surface area contributed by atoms with E-state index in [1.807, 2.05) is 54.6 Å². The van der Waals surface area contributed by atoms with Crippen molar-refractivity contribution < 1.29 is 19.4 Å². The van der Waals surface area contributed by atoms with E-state index in [9.17, 15) is 4.79 Å². The van der Waals surface area contributed by atoms with Gasteiger partial charge in [-0.05, 0) is 61.4 Å². The Morgan fingerprint density at radius 3 is 1.75 bits per heavy atom. The average molecular weight is 447 g/mol. The molecule has 0 bridgehead atoms. The number of nitrogens with zero attached hydrogens (tertiary/aromatic N) is 2. The van der Waals surface area contributed by atoms with Gasteiger partial charge in [0.2, 0.25) is 0 Å². The van der Waals surface area contributed by atoms with E-state index in [2.05, 4.69) is 10.2 Å². The quantitative estimate of drug-likeness (QED) is 0.310. The van der Waals surface area contributed by atoms with Gasteiger partial charge in [0.1, 0.15) is 21.5 Å². The summed E-state index contributed by atoms with van der Waals surface area (Å²) in [5.41, 5.74) is 2.05. The van der Waals surface area contributed by atoms with Crippen molar-refractivity contribution in [3.8, 4) is 32.6 Å². The van der Waals surface area contributed by atoms with E-state index in [4.69, 9.17) is 14.6 Å². The summed E-state index contributed by atoms with van der Waals surface area (Å²) >= 11 is 1.46. The Morgan fingerprint density at radius 2 is 1.22 bits per heavy atom. The summed E-state index contributed by atoms with van der Waals surface area (Å²) in [6.45, 7) is 1.30. The fraction of sp³-hybridized carbons (Fsp3) is 0.160. The number of hydrogen-bond donors (Lipinski definition) is 1. The summed E-state index contributed by atoms with van der Waals surface area (Å²) in [6, 6.07) is 24.2. The fourth-order valence-corrected chi connectivity index (χ4v) is 3.86. The standard InChI is InChI=1S/C25H22N2O4S/c28-25(29)20-10-8-18(9-11-20)23-26-27-24(32-23)19-12-14-22(15-13-19)31-17-5-4-16-30-21-6-2-1-3-7-21/h1-3,6-15H,4-5,16-17H2,(H,28,29). The van der Waals surface area contributed by atoms with Crippen LogP contribution in [0.3, 0.4) is 0 Å². The van der Waals surface area contributed by atoms with E-state index in [-0.39, 0.29) is 5.56 Å². The second-order valence-corrected chi connectivity index (χ2v) is 8.01. The van der Waals surface area contributed by atoms with Gasteiger partial charge >= 0.3 is 5.97 Å². The molecule has 6 nitrogen and oxygen atoms in total. The lowest BCUT2D eigenvalue weighted by Gasteiger charge is -2.08. The second-order valence-electron chi connectivity index (χ2n) is 7.04. The number of carboxylic acid groups (broad SMARTS) is 1. The van der Waals surface area contributed by atoms with Crippen LogP contribution in [-0.4, -0.2) is 34.5 Å². The zero-order valence-corrected chi connectivity index (χ0v) is 18.1. The summed E-state index contributed by atoms with van der Waals surface area (Å²) in [6.07, 6.45) is 1.84. The van der Waals surface area contributed by atoms with Crippen LogP contribution in [0.5, 0.6) is 11.5 Å². The highest BCUT2D eigenvalue weighted by Gasteiger charge is 2.10. The summed E-state index contributed by atoms with van der Waals surface area (Å²) < 4.78 is 11.5. The first-order valence-electron chi connectivity index (χ1n) is 10.3. The number of aromatic nitrogens is 2. The van der Waals surface area contributed by atoms with Gasteiger partial charge in [-0.2, -0.15) is 0 Å². The van der Waals surface area contributed by atoms with Crippen molar-refractivity contribution >= 4 is 17.3 Å². The fourth-order valence-electron chi connectivity index (χ4n) is 3.01. The Morgan fingerprint density at radius 1 is 0.719 bits per heavy atom. The topological polar surface area (TPSA) is 81.5 Å². The first-order chi connectivity index (χ1) is 15.7. The van der Waals surface area contributed by atoms with Crippen LogP contribution >= 0.6 is 11.3 Å². The first kappa shape index (κ1) is 21.5. The van der Waals surface area contributed by atoms with Gasteiger partial charge in [0, 0.05) is 11.1 Å². The lowest BCUT2D eigenvalue weighted by molar-refractivity contribution is 0.0697. The molecule has 4 rings (SSSR count). The molecule has 4 aromatic rings. The molecule has 1 aromatic heterocycles. The molecule has 0 saturated heterocycles. The van der Waals surface area contributed by atoms with E-state index < -0.39 is 5.97 Å². The van der Waals surface area contributed by atoms with E-state index in [1.165, 1.54) is 11.3 Å². The predicted molar refractivity (Wildman–Crippen MR) is 124 cm³/mol. The third kappa shape index (κ3) is 5.70. The van der Waals surface area contributed by atoms with Gasteiger partial charge in [-0.1, -0.05) is 41.7 Å². The van der Waals surface area contributed by atoms with Gasteiger partial charge in [-0.25, -0.2) is 4.79 Å². The van der Waals surface area contributed by atoms with Crippen LogP contribution in [0.25, 0.3) is 21.1 Å². The molecule has 0 unspecified atom stereocenters. The van der Waals surface area contributed by atoms with E-state index in [0.717, 1.165) is 45.5 Å². The molecule has 0 aliphatic heterocycles. The van der Waals surface area contributed by atoms with Crippen molar-refractivity contribution in [3.05, 3.63) is 84.4 Å². The molecule has 0 saturated carbocycles. The lowest BCUT2D eigenvalue weighted by atomic mass is 10.1. The Kier molecular flexibility index (Phi) is 7.09. The molecule has 0 spiro atoms. The molecule has 7 heteroatoms. The Bertz CT molecular complexity index is 1140. The van der Waals surface area contributed by atoms with E-state index >= 15 is 0 Å². The van der Waals surface area contributed by atoms with Crippen molar-refractivity contribution in [2.75, 3.05) is 13.2 Å².